The first kappa shape index (κ1) is 25.8. The monoisotopic (exact) mass is 417 g/mol. The molecule has 0 aromatic rings. The van der Waals surface area contributed by atoms with Gasteiger partial charge in [0.25, 0.3) is 0 Å². The van der Waals surface area contributed by atoms with Crippen LogP contribution in [0, 0.1) is 17.2 Å². The Morgan fingerprint density at radius 1 is 1.34 bits per heavy atom. The molecular weight excluding hydrogens is 377 g/mol. The molecule has 170 valence electrons. The molecule has 0 aromatic carbocycles. The van der Waals surface area contributed by atoms with Crippen LogP contribution in [0.2, 0.25) is 0 Å². The van der Waals surface area contributed by atoms with Crippen molar-refractivity contribution in [2.75, 3.05) is 13.2 Å². The fraction of sp³-hybridized carbons (Fsp3) is 0.857. The number of hydrogen-bond donors (Lipinski definition) is 5. The molecule has 0 spiro atoms. The van der Waals surface area contributed by atoms with Crippen LogP contribution in [0.1, 0.15) is 60.3 Å². The van der Waals surface area contributed by atoms with Gasteiger partial charge in [0.15, 0.2) is 6.29 Å². The molecule has 1 saturated heterocycles. The van der Waals surface area contributed by atoms with Crippen molar-refractivity contribution >= 4 is 5.84 Å². The summed E-state index contributed by atoms with van der Waals surface area (Å²) in [4.78, 5) is 0. The minimum atomic E-state index is -0.839. The molecule has 29 heavy (non-hydrogen) atoms. The molecule has 8 heteroatoms. The third kappa shape index (κ3) is 8.20. The number of aliphatic hydroxyl groups excluding tert-OH is 2. The van der Waals surface area contributed by atoms with Crippen LogP contribution in [0.5, 0.6) is 0 Å². The second-order valence-electron chi connectivity index (χ2n) is 8.33. The first-order chi connectivity index (χ1) is 13.6. The summed E-state index contributed by atoms with van der Waals surface area (Å²) >= 11 is 0. The van der Waals surface area contributed by atoms with E-state index in [1.807, 2.05) is 27.7 Å². The van der Waals surface area contributed by atoms with Crippen LogP contribution in [0.3, 0.4) is 0 Å². The van der Waals surface area contributed by atoms with E-state index in [-0.39, 0.29) is 29.8 Å². The van der Waals surface area contributed by atoms with E-state index in [0.29, 0.717) is 31.6 Å². The first-order valence-electron chi connectivity index (χ1n) is 10.6. The maximum Gasteiger partial charge on any atom is 0.173 e. The number of rotatable bonds is 11. The molecule has 7 nitrogen and oxygen atoms in total. The van der Waals surface area contributed by atoms with Crippen LogP contribution in [0.15, 0.2) is 11.3 Å². The van der Waals surface area contributed by atoms with Crippen molar-refractivity contribution in [3.05, 3.63) is 11.3 Å². The third-order valence-corrected chi connectivity index (χ3v) is 5.75. The highest BCUT2D eigenvalue weighted by molar-refractivity contribution is 5.79. The van der Waals surface area contributed by atoms with Crippen molar-refractivity contribution in [2.45, 2.75) is 90.9 Å². The van der Waals surface area contributed by atoms with E-state index in [1.165, 1.54) is 0 Å². The van der Waals surface area contributed by atoms with Crippen molar-refractivity contribution < 1.29 is 24.1 Å². The number of nitrogens with one attached hydrogen (secondary N) is 2. The Bertz CT molecular complexity index is 546. The van der Waals surface area contributed by atoms with Crippen molar-refractivity contribution in [3.8, 4) is 0 Å². The number of alkyl halides is 1. The maximum atomic E-state index is 12.4. The molecule has 0 bridgehead atoms. The smallest absolute Gasteiger partial charge is 0.173 e. The lowest BCUT2D eigenvalue weighted by Crippen LogP contribution is -2.51. The highest BCUT2D eigenvalue weighted by Gasteiger charge is 2.33. The van der Waals surface area contributed by atoms with Gasteiger partial charge in [-0.2, -0.15) is 0 Å². The number of allylic oxidation sites excluding steroid dienone is 2. The number of hydrogen-bond acceptors (Lipinski definition) is 6. The van der Waals surface area contributed by atoms with Crippen LogP contribution < -0.4 is 11.1 Å². The number of aliphatic hydroxyl groups is 2. The van der Waals surface area contributed by atoms with Gasteiger partial charge in [0.2, 0.25) is 0 Å². The summed E-state index contributed by atoms with van der Waals surface area (Å²) in [6, 6.07) is -0.310. The van der Waals surface area contributed by atoms with Gasteiger partial charge in [-0.15, -0.1) is 0 Å². The van der Waals surface area contributed by atoms with E-state index in [0.717, 1.165) is 12.0 Å². The van der Waals surface area contributed by atoms with Gasteiger partial charge in [-0.05, 0) is 51.0 Å². The lowest BCUT2D eigenvalue weighted by Gasteiger charge is -2.37. The molecule has 1 rings (SSSR count). The second kappa shape index (κ2) is 12.5. The Morgan fingerprint density at radius 2 is 2.00 bits per heavy atom. The Labute approximate surface area is 174 Å². The van der Waals surface area contributed by atoms with Crippen LogP contribution in [0.25, 0.3) is 0 Å². The van der Waals surface area contributed by atoms with Gasteiger partial charge in [0.1, 0.15) is 12.5 Å². The van der Waals surface area contributed by atoms with E-state index in [4.69, 9.17) is 20.6 Å². The number of halogens is 1. The zero-order chi connectivity index (χ0) is 22.1. The maximum absolute atomic E-state index is 12.4. The van der Waals surface area contributed by atoms with Crippen LogP contribution >= 0.6 is 0 Å². The largest absolute Gasteiger partial charge is 0.512 e. The highest BCUT2D eigenvalue weighted by Crippen LogP contribution is 2.27. The lowest BCUT2D eigenvalue weighted by molar-refractivity contribution is -0.235. The molecule has 0 aliphatic carbocycles. The summed E-state index contributed by atoms with van der Waals surface area (Å²) in [5.41, 5.74) is 7.09. The van der Waals surface area contributed by atoms with Gasteiger partial charge in [-0.25, -0.2) is 4.39 Å². The summed E-state index contributed by atoms with van der Waals surface area (Å²) in [6.45, 7) is 9.08. The zero-order valence-corrected chi connectivity index (χ0v) is 18.5. The molecule has 1 aliphatic heterocycles. The quantitative estimate of drug-likeness (QED) is 0.200. The number of ether oxygens (including phenoxy) is 2. The van der Waals surface area contributed by atoms with Gasteiger partial charge >= 0.3 is 0 Å². The molecule has 0 saturated carbocycles. The van der Waals surface area contributed by atoms with Gasteiger partial charge < -0.3 is 30.7 Å². The van der Waals surface area contributed by atoms with Crippen molar-refractivity contribution in [1.82, 2.24) is 5.32 Å². The summed E-state index contributed by atoms with van der Waals surface area (Å²) < 4.78 is 24.2. The normalized spacial score (nSPS) is 27.5. The van der Waals surface area contributed by atoms with Crippen LogP contribution in [-0.4, -0.2) is 59.9 Å². The SMILES string of the molecule is CC/C(C)=C(/O)C(C)CC(C)C(O)C(C)OC1OC(CNC(=N)CF)CCC1N. The molecule has 0 amide bonds. The molecule has 6 N–H and O–H groups in total. The number of amidine groups is 1. The standard InChI is InChI=1S/C21H40FN3O4/c1-6-12(2)19(26)13(3)9-14(4)20(27)15(5)28-21-17(23)8-7-16(29-21)11-25-18(24)10-22/h13-17,20-21,26-27H,6-11,23H2,1-5H3,(H2,24,25)/b19-12+. The molecule has 7 atom stereocenters. The van der Waals surface area contributed by atoms with Crippen molar-refractivity contribution in [2.24, 2.45) is 17.6 Å². The van der Waals surface area contributed by atoms with Crippen LogP contribution in [-0.2, 0) is 9.47 Å². The van der Waals surface area contributed by atoms with E-state index < -0.39 is 25.2 Å². The van der Waals surface area contributed by atoms with Crippen molar-refractivity contribution in [1.29, 1.82) is 5.41 Å². The third-order valence-electron chi connectivity index (χ3n) is 5.75. The summed E-state index contributed by atoms with van der Waals surface area (Å²) in [6.07, 6.45) is 0.680. The minimum Gasteiger partial charge on any atom is -0.512 e. The Morgan fingerprint density at radius 3 is 2.59 bits per heavy atom. The molecule has 1 aliphatic rings. The Balaban J connectivity index is 2.58. The summed E-state index contributed by atoms with van der Waals surface area (Å²) in [5.74, 6) is 0.0885. The molecule has 1 heterocycles. The fourth-order valence-corrected chi connectivity index (χ4v) is 3.61. The first-order valence-corrected chi connectivity index (χ1v) is 10.6. The molecule has 1 fully saturated rings. The number of nitrogens with two attached hydrogens (primary N) is 1. The highest BCUT2D eigenvalue weighted by atomic mass is 19.1. The average molecular weight is 418 g/mol. The van der Waals surface area contributed by atoms with Gasteiger partial charge in [0, 0.05) is 12.5 Å². The molecule has 0 aromatic heterocycles. The molecule has 0 radical (unpaired) electrons. The predicted octanol–water partition coefficient (Wildman–Crippen LogP) is 3.03. The fourth-order valence-electron chi connectivity index (χ4n) is 3.61. The molecule has 7 unspecified atom stereocenters. The van der Waals surface area contributed by atoms with Crippen molar-refractivity contribution in [3.63, 3.8) is 0 Å². The van der Waals surface area contributed by atoms with Gasteiger partial charge in [-0.1, -0.05) is 20.8 Å². The van der Waals surface area contributed by atoms with E-state index in [2.05, 4.69) is 5.32 Å². The molecular formula is C21H40FN3O4. The van der Waals surface area contributed by atoms with Crippen LogP contribution in [0.4, 0.5) is 4.39 Å². The summed E-state index contributed by atoms with van der Waals surface area (Å²) in [7, 11) is 0. The van der Waals surface area contributed by atoms with E-state index in [9.17, 15) is 14.6 Å². The Kier molecular flexibility index (Phi) is 11.1. The van der Waals surface area contributed by atoms with E-state index in [1.54, 1.807) is 6.92 Å². The lowest BCUT2D eigenvalue weighted by atomic mass is 9.88. The van der Waals surface area contributed by atoms with Gasteiger partial charge in [0.05, 0.1) is 30.1 Å². The topological polar surface area (TPSA) is 121 Å². The van der Waals surface area contributed by atoms with Gasteiger partial charge in [-0.3, -0.25) is 5.41 Å². The minimum absolute atomic E-state index is 0.0405. The predicted molar refractivity (Wildman–Crippen MR) is 113 cm³/mol. The second-order valence-corrected chi connectivity index (χ2v) is 8.33. The Hall–Kier alpha value is -1.22. The summed E-state index contributed by atoms with van der Waals surface area (Å²) in [5, 5.41) is 31.0. The average Bonchev–Trinajstić information content (AvgIpc) is 2.71. The zero-order valence-electron chi connectivity index (χ0n) is 18.5. The van der Waals surface area contributed by atoms with E-state index >= 15 is 0 Å².